The second-order valence-corrected chi connectivity index (χ2v) is 4.18. The van der Waals surface area contributed by atoms with Crippen LogP contribution in [0.25, 0.3) is 0 Å². The maximum atomic E-state index is 11.7. The first-order chi connectivity index (χ1) is 9.75. The minimum atomic E-state index is -0.146. The third-order valence-corrected chi connectivity index (χ3v) is 2.63. The van der Waals surface area contributed by atoms with Crippen molar-refractivity contribution in [2.75, 3.05) is 13.1 Å². The molecule has 0 aliphatic carbocycles. The van der Waals surface area contributed by atoms with E-state index in [0.717, 1.165) is 0 Å². The van der Waals surface area contributed by atoms with Gasteiger partial charge in [-0.05, 0) is 18.2 Å². The van der Waals surface area contributed by atoms with Gasteiger partial charge in [0.25, 0.3) is 5.91 Å². The molecule has 0 radical (unpaired) electrons. The molecule has 1 aromatic carbocycles. The van der Waals surface area contributed by atoms with Gasteiger partial charge in [0.1, 0.15) is 6.54 Å². The van der Waals surface area contributed by atoms with Gasteiger partial charge in [-0.3, -0.25) is 14.3 Å². The van der Waals surface area contributed by atoms with Gasteiger partial charge in [0.2, 0.25) is 5.91 Å². The fourth-order valence-electron chi connectivity index (χ4n) is 1.67. The number of hydrogen-bond acceptors (Lipinski definition) is 3. The Kier molecular flexibility index (Phi) is 4.88. The first kappa shape index (κ1) is 13.8. The Balaban J connectivity index is 1.64. The number of carbonyl (C=O) groups excluding carboxylic acids is 2. The maximum Gasteiger partial charge on any atom is 0.251 e. The van der Waals surface area contributed by atoms with Crippen LogP contribution in [0.2, 0.25) is 0 Å². The first-order valence-electron chi connectivity index (χ1n) is 6.33. The molecule has 0 spiro atoms. The van der Waals surface area contributed by atoms with Crippen molar-refractivity contribution in [2.24, 2.45) is 0 Å². The van der Waals surface area contributed by atoms with Gasteiger partial charge in [0.15, 0.2) is 0 Å². The van der Waals surface area contributed by atoms with Crippen LogP contribution in [-0.2, 0) is 11.3 Å². The summed E-state index contributed by atoms with van der Waals surface area (Å²) in [6, 6.07) is 10.7. The average Bonchev–Trinajstić information content (AvgIpc) is 2.97. The van der Waals surface area contributed by atoms with Crippen LogP contribution in [0.1, 0.15) is 10.4 Å². The van der Waals surface area contributed by atoms with Crippen LogP contribution in [0.4, 0.5) is 0 Å². The van der Waals surface area contributed by atoms with Gasteiger partial charge in [0.05, 0.1) is 0 Å². The summed E-state index contributed by atoms with van der Waals surface area (Å²) in [6.45, 7) is 0.955. The lowest BCUT2D eigenvalue weighted by Crippen LogP contribution is -2.36. The van der Waals surface area contributed by atoms with Crippen molar-refractivity contribution in [1.82, 2.24) is 20.4 Å². The summed E-state index contributed by atoms with van der Waals surface area (Å²) in [7, 11) is 0. The van der Waals surface area contributed by atoms with Crippen LogP contribution < -0.4 is 10.6 Å². The van der Waals surface area contributed by atoms with Gasteiger partial charge >= 0.3 is 0 Å². The summed E-state index contributed by atoms with van der Waals surface area (Å²) in [5.74, 6) is -0.283. The lowest BCUT2D eigenvalue weighted by Gasteiger charge is -2.07. The molecule has 2 N–H and O–H groups in total. The molecule has 0 unspecified atom stereocenters. The molecule has 2 aromatic rings. The summed E-state index contributed by atoms with van der Waals surface area (Å²) in [6.07, 6.45) is 3.34. The highest BCUT2D eigenvalue weighted by Gasteiger charge is 2.04. The molecule has 0 saturated carbocycles. The third kappa shape index (κ3) is 4.24. The predicted octanol–water partition coefficient (Wildman–Crippen LogP) is 0.429. The van der Waals surface area contributed by atoms with Crippen molar-refractivity contribution < 1.29 is 9.59 Å². The molecule has 104 valence electrons. The van der Waals surface area contributed by atoms with Gasteiger partial charge < -0.3 is 10.6 Å². The van der Waals surface area contributed by atoms with Crippen LogP contribution in [0, 0.1) is 0 Å². The van der Waals surface area contributed by atoms with Gasteiger partial charge in [-0.25, -0.2) is 0 Å². The normalized spacial score (nSPS) is 10.0. The van der Waals surface area contributed by atoms with Crippen molar-refractivity contribution >= 4 is 11.8 Å². The fourth-order valence-corrected chi connectivity index (χ4v) is 1.67. The number of carbonyl (C=O) groups is 2. The Morgan fingerprint density at radius 1 is 1.05 bits per heavy atom. The molecule has 2 amide bonds. The van der Waals surface area contributed by atoms with E-state index in [-0.39, 0.29) is 18.4 Å². The SMILES string of the molecule is O=C(Cn1cccn1)NCCNC(=O)c1ccccc1. The summed E-state index contributed by atoms with van der Waals surface area (Å²) < 4.78 is 1.54. The van der Waals surface area contributed by atoms with Crippen LogP contribution in [0.3, 0.4) is 0 Å². The molecule has 0 aliphatic rings. The summed E-state index contributed by atoms with van der Waals surface area (Å²) in [5.41, 5.74) is 0.607. The Morgan fingerprint density at radius 2 is 1.80 bits per heavy atom. The van der Waals surface area contributed by atoms with Crippen LogP contribution >= 0.6 is 0 Å². The van der Waals surface area contributed by atoms with Crippen LogP contribution in [0.5, 0.6) is 0 Å². The number of aromatic nitrogens is 2. The molecule has 2 rings (SSSR count). The Morgan fingerprint density at radius 3 is 2.50 bits per heavy atom. The van der Waals surface area contributed by atoms with Gasteiger partial charge in [0, 0.05) is 31.0 Å². The monoisotopic (exact) mass is 272 g/mol. The van der Waals surface area contributed by atoms with E-state index in [9.17, 15) is 9.59 Å². The van der Waals surface area contributed by atoms with Crippen LogP contribution in [0.15, 0.2) is 48.8 Å². The predicted molar refractivity (Wildman–Crippen MR) is 74.0 cm³/mol. The molecule has 0 saturated heterocycles. The topological polar surface area (TPSA) is 76.0 Å². The Labute approximate surface area is 116 Å². The highest BCUT2D eigenvalue weighted by Crippen LogP contribution is 1.96. The maximum absolute atomic E-state index is 11.7. The number of nitrogens with zero attached hydrogens (tertiary/aromatic N) is 2. The molecular weight excluding hydrogens is 256 g/mol. The quantitative estimate of drug-likeness (QED) is 0.749. The van der Waals surface area contributed by atoms with Crippen molar-refractivity contribution in [3.63, 3.8) is 0 Å². The number of nitrogens with one attached hydrogen (secondary N) is 2. The lowest BCUT2D eigenvalue weighted by atomic mass is 10.2. The van der Waals surface area contributed by atoms with E-state index in [1.807, 2.05) is 6.07 Å². The first-order valence-corrected chi connectivity index (χ1v) is 6.33. The fraction of sp³-hybridized carbons (Fsp3) is 0.214. The lowest BCUT2D eigenvalue weighted by molar-refractivity contribution is -0.121. The highest BCUT2D eigenvalue weighted by atomic mass is 16.2. The van der Waals surface area contributed by atoms with E-state index >= 15 is 0 Å². The molecule has 20 heavy (non-hydrogen) atoms. The van der Waals surface area contributed by atoms with E-state index in [1.165, 1.54) is 4.68 Å². The molecule has 1 aromatic heterocycles. The van der Waals surface area contributed by atoms with Crippen LogP contribution in [-0.4, -0.2) is 34.7 Å². The zero-order chi connectivity index (χ0) is 14.2. The van der Waals surface area contributed by atoms with Crippen molar-refractivity contribution in [2.45, 2.75) is 6.54 Å². The second kappa shape index (κ2) is 7.08. The average molecular weight is 272 g/mol. The summed E-state index contributed by atoms with van der Waals surface area (Å²) >= 11 is 0. The number of benzene rings is 1. The molecular formula is C14H16N4O2. The van der Waals surface area contributed by atoms with Gasteiger partial charge in [-0.15, -0.1) is 0 Å². The minimum absolute atomic E-state index is 0.136. The van der Waals surface area contributed by atoms with E-state index in [1.54, 1.807) is 42.7 Å². The standard InChI is InChI=1S/C14H16N4O2/c19-13(11-18-10-4-7-17-18)15-8-9-16-14(20)12-5-2-1-3-6-12/h1-7,10H,8-9,11H2,(H,15,19)(H,16,20). The van der Waals surface area contributed by atoms with Gasteiger partial charge in [-0.1, -0.05) is 18.2 Å². The number of rotatable bonds is 6. The molecule has 0 aliphatic heterocycles. The van der Waals surface area contributed by atoms with E-state index in [0.29, 0.717) is 18.7 Å². The molecule has 0 fully saturated rings. The smallest absolute Gasteiger partial charge is 0.251 e. The summed E-state index contributed by atoms with van der Waals surface area (Å²) in [5, 5.41) is 9.39. The van der Waals surface area contributed by atoms with E-state index < -0.39 is 0 Å². The van der Waals surface area contributed by atoms with E-state index in [2.05, 4.69) is 15.7 Å². The molecule has 6 heteroatoms. The van der Waals surface area contributed by atoms with Crippen molar-refractivity contribution in [3.05, 3.63) is 54.4 Å². The highest BCUT2D eigenvalue weighted by molar-refractivity contribution is 5.94. The molecule has 0 atom stereocenters. The largest absolute Gasteiger partial charge is 0.353 e. The molecule has 0 bridgehead atoms. The minimum Gasteiger partial charge on any atom is -0.353 e. The molecule has 6 nitrogen and oxygen atoms in total. The molecule has 1 heterocycles. The zero-order valence-electron chi connectivity index (χ0n) is 11.0. The van der Waals surface area contributed by atoms with Crippen molar-refractivity contribution in [3.8, 4) is 0 Å². The Hall–Kier alpha value is -2.63. The third-order valence-electron chi connectivity index (χ3n) is 2.63. The van der Waals surface area contributed by atoms with E-state index in [4.69, 9.17) is 0 Å². The van der Waals surface area contributed by atoms with Crippen molar-refractivity contribution in [1.29, 1.82) is 0 Å². The number of hydrogen-bond donors (Lipinski definition) is 2. The second-order valence-electron chi connectivity index (χ2n) is 4.18. The Bertz CT molecular complexity index is 552. The summed E-state index contributed by atoms with van der Waals surface area (Å²) in [4.78, 5) is 23.2. The zero-order valence-corrected chi connectivity index (χ0v) is 11.0. The van der Waals surface area contributed by atoms with Gasteiger partial charge in [-0.2, -0.15) is 5.10 Å². The number of amides is 2.